The molecule has 0 bridgehead atoms. The normalized spacial score (nSPS) is 11.5. The lowest BCUT2D eigenvalue weighted by Gasteiger charge is -1.98. The maximum absolute atomic E-state index is 9.05. The first-order chi connectivity index (χ1) is 13.5. The molecule has 1 N–H and O–H groups in total. The SMILES string of the molecule is C=O.CC/C=C\C(=C/C(C)C)N=c1sc(-c2cccc(C#N)c2)nn1C.CO. The summed E-state index contributed by atoms with van der Waals surface area (Å²) >= 11 is 1.52. The van der Waals surface area contributed by atoms with E-state index in [1.165, 1.54) is 11.3 Å². The highest BCUT2D eigenvalue weighted by Gasteiger charge is 2.06. The Kier molecular flexibility index (Phi) is 12.8. The predicted octanol–water partition coefficient (Wildman–Crippen LogP) is 3.85. The van der Waals surface area contributed by atoms with Crippen molar-refractivity contribution in [2.45, 2.75) is 27.2 Å². The fourth-order valence-corrected chi connectivity index (χ4v) is 3.01. The van der Waals surface area contributed by atoms with Gasteiger partial charge in [0.15, 0.2) is 0 Å². The largest absolute Gasteiger partial charge is 0.400 e. The van der Waals surface area contributed by atoms with E-state index in [9.17, 15) is 0 Å². The van der Waals surface area contributed by atoms with E-state index in [4.69, 9.17) is 20.2 Å². The van der Waals surface area contributed by atoms with Crippen LogP contribution in [0.25, 0.3) is 10.6 Å². The Morgan fingerprint density at radius 2 is 2.11 bits per heavy atom. The maximum Gasteiger partial charge on any atom is 0.208 e. The summed E-state index contributed by atoms with van der Waals surface area (Å²) in [4.78, 5) is 13.6. The molecular weight excluding hydrogens is 372 g/mol. The lowest BCUT2D eigenvalue weighted by Crippen LogP contribution is -2.11. The average molecular weight is 401 g/mol. The molecule has 1 aromatic heterocycles. The van der Waals surface area contributed by atoms with Crippen LogP contribution in [0.15, 0.2) is 53.2 Å². The molecule has 0 fully saturated rings. The molecule has 0 atom stereocenters. The van der Waals surface area contributed by atoms with E-state index in [-0.39, 0.29) is 0 Å². The van der Waals surface area contributed by atoms with Crippen LogP contribution in [0.3, 0.4) is 0 Å². The van der Waals surface area contributed by atoms with Crippen molar-refractivity contribution in [3.8, 4) is 16.6 Å². The molecule has 0 aliphatic heterocycles. The molecule has 2 rings (SSSR count). The quantitative estimate of drug-likeness (QED) is 0.772. The molecule has 150 valence electrons. The summed E-state index contributed by atoms with van der Waals surface area (Å²) < 4.78 is 1.78. The Hall–Kier alpha value is -2.82. The summed E-state index contributed by atoms with van der Waals surface area (Å²) in [6.45, 7) is 8.39. The number of aliphatic hydroxyl groups excluding tert-OH is 1. The molecule has 2 aromatic rings. The Bertz CT molecular complexity index is 886. The number of aromatic nitrogens is 2. The Balaban J connectivity index is 0.00000171. The number of carbonyl (C=O) groups excluding carboxylic acids is 1. The van der Waals surface area contributed by atoms with E-state index in [0.717, 1.165) is 34.6 Å². The van der Waals surface area contributed by atoms with Gasteiger partial charge in [-0.3, -0.25) is 0 Å². The summed E-state index contributed by atoms with van der Waals surface area (Å²) in [6.07, 6.45) is 7.28. The van der Waals surface area contributed by atoms with Crippen LogP contribution < -0.4 is 4.80 Å². The maximum atomic E-state index is 9.05. The number of nitriles is 1. The third-order valence-corrected chi connectivity index (χ3v) is 4.25. The summed E-state index contributed by atoms with van der Waals surface area (Å²) in [5.74, 6) is 0.426. The van der Waals surface area contributed by atoms with Gasteiger partial charge in [-0.2, -0.15) is 10.4 Å². The summed E-state index contributed by atoms with van der Waals surface area (Å²) in [7, 11) is 2.89. The van der Waals surface area contributed by atoms with Crippen molar-refractivity contribution >= 4 is 18.1 Å². The fourth-order valence-electron chi connectivity index (χ4n) is 2.11. The van der Waals surface area contributed by atoms with Crippen LogP contribution in [-0.4, -0.2) is 28.8 Å². The van der Waals surface area contributed by atoms with Gasteiger partial charge in [0.05, 0.1) is 17.3 Å². The van der Waals surface area contributed by atoms with E-state index in [0.29, 0.717) is 11.5 Å². The molecule has 0 spiro atoms. The fraction of sp³-hybridized carbons (Fsp3) is 0.333. The molecule has 7 heteroatoms. The predicted molar refractivity (Wildman–Crippen MR) is 114 cm³/mol. The second-order valence-corrected chi connectivity index (χ2v) is 6.72. The number of rotatable bonds is 5. The van der Waals surface area contributed by atoms with Crippen molar-refractivity contribution < 1.29 is 9.90 Å². The average Bonchev–Trinajstić information content (AvgIpc) is 3.09. The third-order valence-electron chi connectivity index (χ3n) is 3.20. The van der Waals surface area contributed by atoms with Gasteiger partial charge in [-0.05, 0) is 30.5 Å². The van der Waals surface area contributed by atoms with Gasteiger partial charge in [0, 0.05) is 19.7 Å². The molecule has 0 saturated carbocycles. The first-order valence-electron chi connectivity index (χ1n) is 8.74. The van der Waals surface area contributed by atoms with Gasteiger partial charge in [-0.1, -0.05) is 56.4 Å². The van der Waals surface area contributed by atoms with E-state index < -0.39 is 0 Å². The van der Waals surface area contributed by atoms with Crippen molar-refractivity contribution in [2.24, 2.45) is 18.0 Å². The zero-order valence-corrected chi connectivity index (χ0v) is 17.9. The zero-order chi connectivity index (χ0) is 21.5. The lowest BCUT2D eigenvalue weighted by molar-refractivity contribution is -0.0979. The highest BCUT2D eigenvalue weighted by Crippen LogP contribution is 2.20. The van der Waals surface area contributed by atoms with Crippen LogP contribution >= 0.6 is 11.3 Å². The van der Waals surface area contributed by atoms with Crippen LogP contribution in [0.2, 0.25) is 0 Å². The molecule has 0 unspecified atom stereocenters. The molecule has 0 amide bonds. The smallest absolute Gasteiger partial charge is 0.208 e. The second-order valence-electron chi connectivity index (χ2n) is 5.76. The number of hydrogen-bond donors (Lipinski definition) is 1. The first kappa shape index (κ1) is 25.2. The van der Waals surface area contributed by atoms with Crippen molar-refractivity contribution in [1.82, 2.24) is 9.78 Å². The lowest BCUT2D eigenvalue weighted by atomic mass is 10.1. The summed E-state index contributed by atoms with van der Waals surface area (Å²) in [5, 5.41) is 21.5. The summed E-state index contributed by atoms with van der Waals surface area (Å²) in [5.41, 5.74) is 2.52. The van der Waals surface area contributed by atoms with Gasteiger partial charge in [-0.25, -0.2) is 9.67 Å². The number of allylic oxidation sites excluding steroid dienone is 3. The number of aryl methyl sites for hydroxylation is 1. The monoisotopic (exact) mass is 400 g/mol. The Labute approximate surface area is 170 Å². The minimum Gasteiger partial charge on any atom is -0.400 e. The molecule has 0 radical (unpaired) electrons. The first-order valence-corrected chi connectivity index (χ1v) is 9.56. The van der Waals surface area contributed by atoms with E-state index in [2.05, 4.69) is 50.2 Å². The van der Waals surface area contributed by atoms with E-state index in [1.807, 2.05) is 32.0 Å². The molecule has 28 heavy (non-hydrogen) atoms. The summed E-state index contributed by atoms with van der Waals surface area (Å²) in [6, 6.07) is 9.65. The highest BCUT2D eigenvalue weighted by molar-refractivity contribution is 7.12. The van der Waals surface area contributed by atoms with E-state index >= 15 is 0 Å². The second kappa shape index (κ2) is 14.3. The Morgan fingerprint density at radius 1 is 1.43 bits per heavy atom. The van der Waals surface area contributed by atoms with Gasteiger partial charge < -0.3 is 9.90 Å². The number of nitrogens with zero attached hydrogens (tertiary/aromatic N) is 4. The molecule has 1 aromatic carbocycles. The van der Waals surface area contributed by atoms with Gasteiger partial charge in [0.2, 0.25) is 4.80 Å². The van der Waals surface area contributed by atoms with Crippen molar-refractivity contribution in [2.75, 3.05) is 7.11 Å². The van der Waals surface area contributed by atoms with Gasteiger partial charge in [-0.15, -0.1) is 0 Å². The van der Waals surface area contributed by atoms with Crippen molar-refractivity contribution in [1.29, 1.82) is 5.26 Å². The van der Waals surface area contributed by atoms with Crippen LogP contribution in [0, 0.1) is 17.2 Å². The topological polar surface area (TPSA) is 91.3 Å². The number of carbonyl (C=O) groups is 1. The Morgan fingerprint density at radius 3 is 2.68 bits per heavy atom. The molecule has 0 aliphatic rings. The van der Waals surface area contributed by atoms with Crippen LogP contribution in [-0.2, 0) is 11.8 Å². The molecule has 0 saturated heterocycles. The zero-order valence-electron chi connectivity index (χ0n) is 17.1. The number of hydrogen-bond acceptors (Lipinski definition) is 6. The van der Waals surface area contributed by atoms with Crippen LogP contribution in [0.5, 0.6) is 0 Å². The molecule has 1 heterocycles. The van der Waals surface area contributed by atoms with Crippen LogP contribution in [0.1, 0.15) is 32.8 Å². The third kappa shape index (κ3) is 8.25. The van der Waals surface area contributed by atoms with Gasteiger partial charge in [0.1, 0.15) is 11.8 Å². The molecular formula is C21H28N4O2S. The standard InChI is InChI=1S/C19H22N4S.CH4O.CH2O/c1-5-6-10-17(11-14(2)3)21-19-23(4)22-18(24-19)16-9-7-8-15(12-16)13-20;2*1-2/h6-12,14H,5H2,1-4H3;2H,1H3;1H2/b10-6-,17-11+,21-19?;;. The minimum atomic E-state index is 0.426. The molecule has 0 aliphatic carbocycles. The number of benzene rings is 1. The van der Waals surface area contributed by atoms with Crippen molar-refractivity contribution in [3.05, 3.63) is 58.6 Å². The van der Waals surface area contributed by atoms with E-state index in [1.54, 1.807) is 10.7 Å². The highest BCUT2D eigenvalue weighted by atomic mass is 32.1. The minimum absolute atomic E-state index is 0.426. The van der Waals surface area contributed by atoms with Crippen molar-refractivity contribution in [3.63, 3.8) is 0 Å². The van der Waals surface area contributed by atoms with Gasteiger partial charge in [0.25, 0.3) is 0 Å². The van der Waals surface area contributed by atoms with Crippen LogP contribution in [0.4, 0.5) is 0 Å². The number of aliphatic hydroxyl groups is 1. The van der Waals surface area contributed by atoms with Gasteiger partial charge >= 0.3 is 0 Å². The molecule has 6 nitrogen and oxygen atoms in total.